The molecule has 0 saturated carbocycles. The van der Waals surface area contributed by atoms with Crippen molar-refractivity contribution in [2.24, 2.45) is 10.9 Å². The van der Waals surface area contributed by atoms with Crippen molar-refractivity contribution in [2.45, 2.75) is 39.2 Å². The van der Waals surface area contributed by atoms with E-state index in [1.54, 1.807) is 0 Å². The Balaban J connectivity index is 1.56. The summed E-state index contributed by atoms with van der Waals surface area (Å²) in [7, 11) is 2.20. The first kappa shape index (κ1) is 22.4. The third-order valence-electron chi connectivity index (χ3n) is 5.16. The van der Waals surface area contributed by atoms with Crippen molar-refractivity contribution in [1.82, 2.24) is 20.4 Å². The summed E-state index contributed by atoms with van der Waals surface area (Å²) in [6.45, 7) is 15.3. The van der Waals surface area contributed by atoms with Crippen molar-refractivity contribution >= 4 is 5.96 Å². The zero-order chi connectivity index (χ0) is 19.3. The highest BCUT2D eigenvalue weighted by Gasteiger charge is 2.16. The SMILES string of the molecule is CCNC(=NCC(C)CN1CCN(C)CC1)NCCCOCC1CCCO1. The van der Waals surface area contributed by atoms with E-state index in [1.807, 2.05) is 0 Å². The van der Waals surface area contributed by atoms with Crippen molar-refractivity contribution < 1.29 is 9.47 Å². The van der Waals surface area contributed by atoms with E-state index in [0.717, 1.165) is 64.8 Å². The van der Waals surface area contributed by atoms with E-state index in [-0.39, 0.29) is 0 Å². The first-order valence-corrected chi connectivity index (χ1v) is 10.8. The molecule has 0 aromatic carbocycles. The van der Waals surface area contributed by atoms with Crippen LogP contribution in [0.4, 0.5) is 0 Å². The summed E-state index contributed by atoms with van der Waals surface area (Å²) in [4.78, 5) is 9.73. The number of nitrogens with one attached hydrogen (secondary N) is 2. The molecule has 2 heterocycles. The Labute approximate surface area is 165 Å². The zero-order valence-electron chi connectivity index (χ0n) is 17.7. The van der Waals surface area contributed by atoms with Crippen molar-refractivity contribution in [2.75, 3.05) is 79.2 Å². The number of piperazine rings is 1. The van der Waals surface area contributed by atoms with Crippen molar-refractivity contribution in [3.8, 4) is 0 Å². The van der Waals surface area contributed by atoms with Gasteiger partial charge in [-0.05, 0) is 39.2 Å². The maximum absolute atomic E-state index is 5.72. The number of rotatable bonds is 11. The summed E-state index contributed by atoms with van der Waals surface area (Å²) in [6, 6.07) is 0. The van der Waals surface area contributed by atoms with Crippen LogP contribution in [-0.2, 0) is 9.47 Å². The molecular formula is C20H41N5O2. The lowest BCUT2D eigenvalue weighted by Crippen LogP contribution is -2.46. The van der Waals surface area contributed by atoms with Crippen LogP contribution in [0.3, 0.4) is 0 Å². The van der Waals surface area contributed by atoms with Crippen LogP contribution in [0.5, 0.6) is 0 Å². The van der Waals surface area contributed by atoms with E-state index >= 15 is 0 Å². The van der Waals surface area contributed by atoms with E-state index in [4.69, 9.17) is 14.5 Å². The molecule has 2 aliphatic rings. The lowest BCUT2D eigenvalue weighted by Gasteiger charge is -2.33. The Kier molecular flexibility index (Phi) is 11.0. The Morgan fingerprint density at radius 1 is 1.26 bits per heavy atom. The van der Waals surface area contributed by atoms with Gasteiger partial charge in [0.25, 0.3) is 0 Å². The molecule has 7 nitrogen and oxygen atoms in total. The summed E-state index contributed by atoms with van der Waals surface area (Å²) in [5.41, 5.74) is 0. The molecule has 2 saturated heterocycles. The molecule has 0 amide bonds. The fraction of sp³-hybridized carbons (Fsp3) is 0.950. The molecule has 0 spiro atoms. The standard InChI is InChI=1S/C20H41N5O2/c1-4-21-20(22-8-6-13-26-17-19-7-5-14-27-19)23-15-18(2)16-25-11-9-24(3)10-12-25/h18-19H,4-17H2,1-3H3,(H2,21,22,23). The van der Waals surface area contributed by atoms with E-state index in [0.29, 0.717) is 12.0 Å². The van der Waals surface area contributed by atoms with Gasteiger partial charge in [0.1, 0.15) is 0 Å². The normalized spacial score (nSPS) is 23.5. The predicted octanol–water partition coefficient (Wildman–Crippen LogP) is 1.01. The number of ether oxygens (including phenoxy) is 2. The quantitative estimate of drug-likeness (QED) is 0.315. The minimum atomic E-state index is 0.318. The Morgan fingerprint density at radius 3 is 2.78 bits per heavy atom. The smallest absolute Gasteiger partial charge is 0.191 e. The lowest BCUT2D eigenvalue weighted by molar-refractivity contribution is 0.0168. The summed E-state index contributed by atoms with van der Waals surface area (Å²) >= 11 is 0. The number of nitrogens with zero attached hydrogens (tertiary/aromatic N) is 3. The summed E-state index contributed by atoms with van der Waals surface area (Å²) < 4.78 is 11.3. The van der Waals surface area contributed by atoms with Gasteiger partial charge in [0.05, 0.1) is 12.7 Å². The van der Waals surface area contributed by atoms with Crippen LogP contribution in [0.1, 0.15) is 33.1 Å². The van der Waals surface area contributed by atoms with Crippen LogP contribution in [0, 0.1) is 5.92 Å². The van der Waals surface area contributed by atoms with Crippen molar-refractivity contribution in [1.29, 1.82) is 0 Å². The molecule has 0 radical (unpaired) electrons. The molecule has 0 aromatic heterocycles. The maximum atomic E-state index is 5.72. The fourth-order valence-corrected chi connectivity index (χ4v) is 3.49. The van der Waals surface area contributed by atoms with Gasteiger partial charge in [-0.1, -0.05) is 6.92 Å². The minimum Gasteiger partial charge on any atom is -0.379 e. The van der Waals surface area contributed by atoms with E-state index < -0.39 is 0 Å². The Morgan fingerprint density at radius 2 is 2.07 bits per heavy atom. The second-order valence-electron chi connectivity index (χ2n) is 7.92. The van der Waals surface area contributed by atoms with E-state index in [2.05, 4.69) is 41.3 Å². The number of aliphatic imine (C=N–C) groups is 1. The summed E-state index contributed by atoms with van der Waals surface area (Å²) in [6.07, 6.45) is 3.61. The highest BCUT2D eigenvalue weighted by atomic mass is 16.5. The maximum Gasteiger partial charge on any atom is 0.191 e. The van der Waals surface area contributed by atoms with Gasteiger partial charge in [-0.2, -0.15) is 0 Å². The molecule has 7 heteroatoms. The van der Waals surface area contributed by atoms with Crippen LogP contribution in [0.2, 0.25) is 0 Å². The van der Waals surface area contributed by atoms with E-state index in [9.17, 15) is 0 Å². The zero-order valence-corrected chi connectivity index (χ0v) is 17.7. The number of likely N-dealkylation sites (N-methyl/N-ethyl adjacent to an activating group) is 1. The molecule has 0 bridgehead atoms. The van der Waals surface area contributed by atoms with Crippen LogP contribution in [0.25, 0.3) is 0 Å². The second kappa shape index (κ2) is 13.3. The second-order valence-corrected chi connectivity index (χ2v) is 7.92. The first-order chi connectivity index (χ1) is 13.2. The molecule has 2 N–H and O–H groups in total. The molecule has 2 unspecified atom stereocenters. The third-order valence-corrected chi connectivity index (χ3v) is 5.16. The number of hydrogen-bond acceptors (Lipinski definition) is 5. The molecule has 2 rings (SSSR count). The van der Waals surface area contributed by atoms with Crippen molar-refractivity contribution in [3.05, 3.63) is 0 Å². The van der Waals surface area contributed by atoms with Gasteiger partial charge in [-0.15, -0.1) is 0 Å². The van der Waals surface area contributed by atoms with E-state index in [1.165, 1.54) is 32.6 Å². The highest BCUT2D eigenvalue weighted by Crippen LogP contribution is 2.11. The molecule has 27 heavy (non-hydrogen) atoms. The summed E-state index contributed by atoms with van der Waals surface area (Å²) in [5, 5.41) is 6.76. The third kappa shape index (κ3) is 9.74. The molecule has 0 aliphatic carbocycles. The van der Waals surface area contributed by atoms with Gasteiger partial charge in [0.2, 0.25) is 0 Å². The van der Waals surface area contributed by atoms with Crippen LogP contribution in [0.15, 0.2) is 4.99 Å². The molecule has 158 valence electrons. The average molecular weight is 384 g/mol. The largest absolute Gasteiger partial charge is 0.379 e. The Hall–Kier alpha value is -0.890. The molecule has 2 fully saturated rings. The number of hydrogen-bond donors (Lipinski definition) is 2. The van der Waals surface area contributed by atoms with Gasteiger partial charge >= 0.3 is 0 Å². The molecule has 0 aromatic rings. The first-order valence-electron chi connectivity index (χ1n) is 10.8. The van der Waals surface area contributed by atoms with Gasteiger partial charge in [0.15, 0.2) is 5.96 Å². The number of guanidine groups is 1. The van der Waals surface area contributed by atoms with Gasteiger partial charge in [0, 0.05) is 65.6 Å². The molecule has 2 aliphatic heterocycles. The van der Waals surface area contributed by atoms with Gasteiger partial charge in [-0.3, -0.25) is 4.99 Å². The van der Waals surface area contributed by atoms with Gasteiger partial charge < -0.3 is 29.9 Å². The molecule has 2 atom stereocenters. The predicted molar refractivity (Wildman–Crippen MR) is 111 cm³/mol. The Bertz CT molecular complexity index is 407. The fourth-order valence-electron chi connectivity index (χ4n) is 3.49. The summed E-state index contributed by atoms with van der Waals surface area (Å²) in [5.74, 6) is 1.49. The van der Waals surface area contributed by atoms with Crippen LogP contribution in [-0.4, -0.2) is 101 Å². The lowest BCUT2D eigenvalue weighted by atomic mass is 10.1. The van der Waals surface area contributed by atoms with Crippen molar-refractivity contribution in [3.63, 3.8) is 0 Å². The van der Waals surface area contributed by atoms with Crippen LogP contribution < -0.4 is 10.6 Å². The van der Waals surface area contributed by atoms with Crippen LogP contribution >= 0.6 is 0 Å². The monoisotopic (exact) mass is 383 g/mol. The molecular weight excluding hydrogens is 342 g/mol. The average Bonchev–Trinajstić information content (AvgIpc) is 3.18. The highest BCUT2D eigenvalue weighted by molar-refractivity contribution is 5.79. The topological polar surface area (TPSA) is 61.4 Å². The minimum absolute atomic E-state index is 0.318. The van der Waals surface area contributed by atoms with Gasteiger partial charge in [-0.25, -0.2) is 0 Å².